The van der Waals surface area contributed by atoms with E-state index in [9.17, 15) is 4.79 Å². The molecule has 2 heteroatoms. The SMILES string of the molecule is CC#CC#C/C=C(/C=O)SC. The van der Waals surface area contributed by atoms with Crippen molar-refractivity contribution in [2.45, 2.75) is 6.92 Å². The van der Waals surface area contributed by atoms with Crippen LogP contribution in [0.4, 0.5) is 0 Å². The summed E-state index contributed by atoms with van der Waals surface area (Å²) in [7, 11) is 0. The van der Waals surface area contributed by atoms with Crippen molar-refractivity contribution in [2.75, 3.05) is 6.26 Å². The monoisotopic (exact) mass is 164 g/mol. The maximum atomic E-state index is 10.2. The third-order valence-corrected chi connectivity index (χ3v) is 1.51. The van der Waals surface area contributed by atoms with Gasteiger partial charge in [0.25, 0.3) is 0 Å². The lowest BCUT2D eigenvalue weighted by atomic mass is 10.5. The Labute approximate surface area is 71.3 Å². The molecule has 0 heterocycles. The topological polar surface area (TPSA) is 17.1 Å². The van der Waals surface area contributed by atoms with Crippen LogP contribution < -0.4 is 0 Å². The number of thioether (sulfide) groups is 1. The van der Waals surface area contributed by atoms with Crippen molar-refractivity contribution in [3.8, 4) is 23.7 Å². The van der Waals surface area contributed by atoms with Gasteiger partial charge in [0, 0.05) is 6.08 Å². The molecule has 0 aromatic carbocycles. The van der Waals surface area contributed by atoms with Gasteiger partial charge in [0.2, 0.25) is 0 Å². The van der Waals surface area contributed by atoms with E-state index in [2.05, 4.69) is 23.7 Å². The van der Waals surface area contributed by atoms with Crippen LogP contribution in [0.2, 0.25) is 0 Å². The zero-order valence-electron chi connectivity index (χ0n) is 6.47. The second-order valence-corrected chi connectivity index (χ2v) is 2.39. The first-order valence-corrected chi connectivity index (χ1v) is 4.19. The van der Waals surface area contributed by atoms with Gasteiger partial charge >= 0.3 is 0 Å². The van der Waals surface area contributed by atoms with Gasteiger partial charge in [-0.05, 0) is 25.0 Å². The van der Waals surface area contributed by atoms with Gasteiger partial charge < -0.3 is 0 Å². The van der Waals surface area contributed by atoms with E-state index in [1.165, 1.54) is 11.8 Å². The molecule has 0 spiro atoms. The quantitative estimate of drug-likeness (QED) is 0.349. The van der Waals surface area contributed by atoms with Crippen LogP contribution in [0.5, 0.6) is 0 Å². The van der Waals surface area contributed by atoms with E-state index in [1.807, 2.05) is 6.26 Å². The number of aldehydes is 1. The molecule has 1 nitrogen and oxygen atoms in total. The molecular weight excluding hydrogens is 156 g/mol. The van der Waals surface area contributed by atoms with Crippen molar-refractivity contribution < 1.29 is 4.79 Å². The Morgan fingerprint density at radius 3 is 2.64 bits per heavy atom. The summed E-state index contributed by atoms with van der Waals surface area (Å²) >= 11 is 1.37. The van der Waals surface area contributed by atoms with Crippen molar-refractivity contribution >= 4 is 18.0 Å². The van der Waals surface area contributed by atoms with Gasteiger partial charge in [-0.1, -0.05) is 11.8 Å². The number of carbonyl (C=O) groups is 1. The minimum absolute atomic E-state index is 0.621. The highest BCUT2D eigenvalue weighted by atomic mass is 32.2. The molecule has 0 atom stereocenters. The third-order valence-electron chi connectivity index (χ3n) is 0.826. The molecule has 0 aliphatic rings. The molecule has 56 valence electrons. The average molecular weight is 164 g/mol. The van der Waals surface area contributed by atoms with Crippen LogP contribution in [-0.2, 0) is 4.79 Å². The zero-order chi connectivity index (χ0) is 8.53. The number of hydrogen-bond acceptors (Lipinski definition) is 2. The maximum Gasteiger partial charge on any atom is 0.157 e. The van der Waals surface area contributed by atoms with Gasteiger partial charge in [-0.15, -0.1) is 11.8 Å². The first-order valence-electron chi connectivity index (χ1n) is 2.96. The Bertz CT molecular complexity index is 267. The van der Waals surface area contributed by atoms with Crippen LogP contribution in [0, 0.1) is 23.7 Å². The fourth-order valence-corrected chi connectivity index (χ4v) is 0.620. The van der Waals surface area contributed by atoms with E-state index >= 15 is 0 Å². The summed E-state index contributed by atoms with van der Waals surface area (Å²) in [5, 5.41) is 0. The molecule has 0 fully saturated rings. The molecule has 0 radical (unpaired) electrons. The summed E-state index contributed by atoms with van der Waals surface area (Å²) in [5.74, 6) is 10.4. The fourth-order valence-electron chi connectivity index (χ4n) is 0.347. The number of rotatable bonds is 2. The molecule has 0 saturated heterocycles. The van der Waals surface area contributed by atoms with Gasteiger partial charge in [-0.25, -0.2) is 0 Å². The first kappa shape index (κ1) is 9.88. The summed E-state index contributed by atoms with van der Waals surface area (Å²) in [5.41, 5.74) is 0. The van der Waals surface area contributed by atoms with Crippen molar-refractivity contribution in [3.05, 3.63) is 11.0 Å². The Morgan fingerprint density at radius 1 is 1.45 bits per heavy atom. The fraction of sp³-hybridized carbons (Fsp3) is 0.222. The molecule has 0 N–H and O–H groups in total. The van der Waals surface area contributed by atoms with E-state index in [-0.39, 0.29) is 0 Å². The van der Waals surface area contributed by atoms with Gasteiger partial charge in [0.15, 0.2) is 6.29 Å². The normalized spacial score (nSPS) is 8.73. The summed E-state index contributed by atoms with van der Waals surface area (Å²) in [6.07, 6.45) is 4.16. The second kappa shape index (κ2) is 6.99. The highest BCUT2D eigenvalue weighted by molar-refractivity contribution is 8.03. The van der Waals surface area contributed by atoms with Crippen LogP contribution in [0.15, 0.2) is 11.0 Å². The Kier molecular flexibility index (Phi) is 6.28. The van der Waals surface area contributed by atoms with Gasteiger partial charge in [0.1, 0.15) is 0 Å². The van der Waals surface area contributed by atoms with Crippen LogP contribution >= 0.6 is 11.8 Å². The lowest BCUT2D eigenvalue weighted by Crippen LogP contribution is -1.73. The summed E-state index contributed by atoms with van der Waals surface area (Å²) in [4.78, 5) is 10.8. The van der Waals surface area contributed by atoms with Gasteiger partial charge in [0.05, 0.1) is 4.91 Å². The zero-order valence-corrected chi connectivity index (χ0v) is 7.29. The average Bonchev–Trinajstić information content (AvgIpc) is 2.05. The molecule has 0 aliphatic heterocycles. The Morgan fingerprint density at radius 2 is 2.18 bits per heavy atom. The van der Waals surface area contributed by atoms with Gasteiger partial charge in [-0.3, -0.25) is 4.79 Å². The van der Waals surface area contributed by atoms with Crippen LogP contribution in [-0.4, -0.2) is 12.5 Å². The van der Waals surface area contributed by atoms with Crippen molar-refractivity contribution in [2.24, 2.45) is 0 Å². The lowest BCUT2D eigenvalue weighted by molar-refractivity contribution is -0.104. The molecule has 0 aromatic rings. The molecule has 0 aliphatic carbocycles. The molecule has 0 saturated carbocycles. The molecule has 0 bridgehead atoms. The lowest BCUT2D eigenvalue weighted by Gasteiger charge is -1.83. The van der Waals surface area contributed by atoms with Crippen LogP contribution in [0.1, 0.15) is 6.92 Å². The highest BCUT2D eigenvalue weighted by Crippen LogP contribution is 2.05. The van der Waals surface area contributed by atoms with E-state index in [0.29, 0.717) is 4.91 Å². The van der Waals surface area contributed by atoms with E-state index in [4.69, 9.17) is 0 Å². The minimum Gasteiger partial charge on any atom is -0.297 e. The van der Waals surface area contributed by atoms with Crippen molar-refractivity contribution in [1.82, 2.24) is 0 Å². The number of hydrogen-bond donors (Lipinski definition) is 0. The Balaban J connectivity index is 4.18. The molecule has 11 heavy (non-hydrogen) atoms. The molecular formula is C9H8OS. The summed E-state index contributed by atoms with van der Waals surface area (Å²) < 4.78 is 0. The standard InChI is InChI=1S/C9H8OS/c1-3-4-5-6-7-9(8-10)11-2/h7-8H,1-2H3/b9-7-. The number of allylic oxidation sites excluding steroid dienone is 2. The molecule has 0 rings (SSSR count). The largest absolute Gasteiger partial charge is 0.297 e. The predicted octanol–water partition coefficient (Wildman–Crippen LogP) is 1.46. The second-order valence-electron chi connectivity index (χ2n) is 1.51. The maximum absolute atomic E-state index is 10.2. The third kappa shape index (κ3) is 5.33. The van der Waals surface area contributed by atoms with E-state index in [0.717, 1.165) is 6.29 Å². The minimum atomic E-state index is 0.621. The predicted molar refractivity (Wildman–Crippen MR) is 48.9 cm³/mol. The van der Waals surface area contributed by atoms with E-state index in [1.54, 1.807) is 13.0 Å². The smallest absolute Gasteiger partial charge is 0.157 e. The van der Waals surface area contributed by atoms with Crippen LogP contribution in [0.3, 0.4) is 0 Å². The highest BCUT2D eigenvalue weighted by Gasteiger charge is 1.85. The summed E-state index contributed by atoms with van der Waals surface area (Å²) in [6.45, 7) is 1.72. The van der Waals surface area contributed by atoms with E-state index < -0.39 is 0 Å². The van der Waals surface area contributed by atoms with Crippen LogP contribution in [0.25, 0.3) is 0 Å². The van der Waals surface area contributed by atoms with Crippen molar-refractivity contribution in [1.29, 1.82) is 0 Å². The number of carbonyl (C=O) groups excluding carboxylic acids is 1. The molecule has 0 amide bonds. The Hall–Kier alpha value is -1.12. The summed E-state index contributed by atoms with van der Waals surface area (Å²) in [6, 6.07) is 0. The van der Waals surface area contributed by atoms with Crippen molar-refractivity contribution in [3.63, 3.8) is 0 Å². The van der Waals surface area contributed by atoms with Gasteiger partial charge in [-0.2, -0.15) is 0 Å². The molecule has 0 unspecified atom stereocenters. The molecule has 0 aromatic heterocycles. The first-order chi connectivity index (χ1) is 5.35.